The summed E-state index contributed by atoms with van der Waals surface area (Å²) in [7, 11) is 0. The smallest absolute Gasteiger partial charge is 0.309 e. The van der Waals surface area contributed by atoms with E-state index in [9.17, 15) is 4.79 Å². The first-order chi connectivity index (χ1) is 5.06. The van der Waals surface area contributed by atoms with Crippen molar-refractivity contribution in [3.63, 3.8) is 0 Å². The number of hydrogen-bond acceptors (Lipinski definition) is 3. The number of hydrogen-bond donors (Lipinski definition) is 1. The summed E-state index contributed by atoms with van der Waals surface area (Å²) in [5.74, 6) is -0.396. The van der Waals surface area contributed by atoms with Crippen LogP contribution in [0.4, 0.5) is 0 Å². The van der Waals surface area contributed by atoms with Gasteiger partial charge in [-0.05, 0) is 13.8 Å². The quantitative estimate of drug-likeness (QED) is 0.488. The lowest BCUT2D eigenvalue weighted by Crippen LogP contribution is -2.16. The number of ether oxygens (including phenoxy) is 1. The fraction of sp³-hybridized carbons (Fsp3) is 0.625. The van der Waals surface area contributed by atoms with Crippen LogP contribution in [-0.2, 0) is 9.53 Å². The van der Waals surface area contributed by atoms with Crippen molar-refractivity contribution in [2.45, 2.75) is 32.5 Å². The number of aliphatic hydroxyl groups is 1. The Labute approximate surface area is 66.7 Å². The van der Waals surface area contributed by atoms with E-state index in [1.165, 1.54) is 6.08 Å². The fourth-order valence-electron chi connectivity index (χ4n) is 0.565. The molecule has 0 saturated carbocycles. The first-order valence-corrected chi connectivity index (χ1v) is 3.56. The van der Waals surface area contributed by atoms with E-state index in [0.29, 0.717) is 0 Å². The first kappa shape index (κ1) is 10.2. The lowest BCUT2D eigenvalue weighted by atomic mass is 10.2. The van der Waals surface area contributed by atoms with Gasteiger partial charge in [-0.25, -0.2) is 0 Å². The summed E-state index contributed by atoms with van der Waals surface area (Å²) in [6.07, 6.45) is 0.379. The van der Waals surface area contributed by atoms with Crippen molar-refractivity contribution < 1.29 is 14.6 Å². The standard InChI is InChI=1S/C8H14O3/c1-4-7(9)5-8(10)11-6(2)3/h4,6-7,9H,1,5H2,2-3H3. The molecule has 0 fully saturated rings. The predicted octanol–water partition coefficient (Wildman–Crippen LogP) is 0.875. The predicted molar refractivity (Wildman–Crippen MR) is 42.0 cm³/mol. The molecule has 0 aliphatic heterocycles. The van der Waals surface area contributed by atoms with E-state index in [4.69, 9.17) is 9.84 Å². The van der Waals surface area contributed by atoms with Gasteiger partial charge in [-0.1, -0.05) is 6.08 Å². The van der Waals surface area contributed by atoms with Gasteiger partial charge in [0.15, 0.2) is 0 Å². The van der Waals surface area contributed by atoms with Crippen molar-refractivity contribution in [1.29, 1.82) is 0 Å². The molecule has 0 spiro atoms. The number of rotatable bonds is 4. The van der Waals surface area contributed by atoms with Crippen LogP contribution in [-0.4, -0.2) is 23.3 Å². The molecular weight excluding hydrogens is 144 g/mol. The molecule has 3 nitrogen and oxygen atoms in total. The largest absolute Gasteiger partial charge is 0.463 e. The molecule has 11 heavy (non-hydrogen) atoms. The topological polar surface area (TPSA) is 46.5 Å². The molecule has 0 aliphatic rings. The minimum absolute atomic E-state index is 0.0122. The van der Waals surface area contributed by atoms with E-state index in [1.54, 1.807) is 13.8 Å². The second-order valence-electron chi connectivity index (χ2n) is 2.55. The van der Waals surface area contributed by atoms with E-state index in [0.717, 1.165) is 0 Å². The highest BCUT2D eigenvalue weighted by Crippen LogP contribution is 1.98. The number of carbonyl (C=O) groups excluding carboxylic acids is 1. The van der Waals surface area contributed by atoms with Gasteiger partial charge in [-0.3, -0.25) is 4.79 Å². The van der Waals surface area contributed by atoms with Crippen molar-refractivity contribution in [1.82, 2.24) is 0 Å². The molecule has 3 heteroatoms. The molecule has 0 aromatic rings. The lowest BCUT2D eigenvalue weighted by molar-refractivity contribution is -0.148. The maximum atomic E-state index is 10.8. The van der Waals surface area contributed by atoms with Crippen LogP contribution in [0.5, 0.6) is 0 Å². The summed E-state index contributed by atoms with van der Waals surface area (Å²) < 4.78 is 4.78. The van der Waals surface area contributed by atoms with E-state index in [-0.39, 0.29) is 12.5 Å². The van der Waals surface area contributed by atoms with Crippen LogP contribution in [0.25, 0.3) is 0 Å². The van der Waals surface area contributed by atoms with Crippen molar-refractivity contribution in [3.05, 3.63) is 12.7 Å². The highest BCUT2D eigenvalue weighted by atomic mass is 16.5. The number of carbonyl (C=O) groups is 1. The summed E-state index contributed by atoms with van der Waals surface area (Å²) in [6.45, 7) is 6.86. The third kappa shape index (κ3) is 5.61. The Hall–Kier alpha value is -0.830. The van der Waals surface area contributed by atoms with Gasteiger partial charge in [0.1, 0.15) is 0 Å². The molecule has 0 aliphatic carbocycles. The van der Waals surface area contributed by atoms with Gasteiger partial charge >= 0.3 is 5.97 Å². The summed E-state index contributed by atoms with van der Waals surface area (Å²) in [6, 6.07) is 0. The van der Waals surface area contributed by atoms with Crippen molar-refractivity contribution in [2.75, 3.05) is 0 Å². The van der Waals surface area contributed by atoms with Crippen LogP contribution in [0.3, 0.4) is 0 Å². The van der Waals surface area contributed by atoms with E-state index in [1.807, 2.05) is 0 Å². The van der Waals surface area contributed by atoms with Gasteiger partial charge in [0.05, 0.1) is 18.6 Å². The van der Waals surface area contributed by atoms with Gasteiger partial charge in [-0.15, -0.1) is 6.58 Å². The van der Waals surface area contributed by atoms with Crippen molar-refractivity contribution in [2.24, 2.45) is 0 Å². The van der Waals surface area contributed by atoms with E-state index < -0.39 is 12.1 Å². The Balaban J connectivity index is 3.60. The van der Waals surface area contributed by atoms with Crippen LogP contribution in [0.1, 0.15) is 20.3 Å². The van der Waals surface area contributed by atoms with Crippen LogP contribution in [0, 0.1) is 0 Å². The molecule has 0 rings (SSSR count). The highest BCUT2D eigenvalue weighted by molar-refractivity contribution is 5.70. The minimum Gasteiger partial charge on any atom is -0.463 e. The molecule has 0 aromatic carbocycles. The van der Waals surface area contributed by atoms with Gasteiger partial charge < -0.3 is 9.84 Å². The number of esters is 1. The van der Waals surface area contributed by atoms with Crippen molar-refractivity contribution in [3.8, 4) is 0 Å². The number of aliphatic hydroxyl groups excluding tert-OH is 1. The van der Waals surface area contributed by atoms with Crippen LogP contribution in [0.2, 0.25) is 0 Å². The van der Waals surface area contributed by atoms with E-state index in [2.05, 4.69) is 6.58 Å². The zero-order chi connectivity index (χ0) is 8.85. The average Bonchev–Trinajstić information content (AvgIpc) is 1.85. The summed E-state index contributed by atoms with van der Waals surface area (Å²) in [4.78, 5) is 10.8. The maximum Gasteiger partial charge on any atom is 0.309 e. The molecule has 0 bridgehead atoms. The second-order valence-corrected chi connectivity index (χ2v) is 2.55. The Kier molecular flexibility index (Phi) is 4.54. The van der Waals surface area contributed by atoms with Gasteiger partial charge in [0.2, 0.25) is 0 Å². The molecule has 1 unspecified atom stereocenters. The first-order valence-electron chi connectivity index (χ1n) is 3.56. The highest BCUT2D eigenvalue weighted by Gasteiger charge is 2.09. The monoisotopic (exact) mass is 158 g/mol. The summed E-state index contributed by atoms with van der Waals surface area (Å²) >= 11 is 0. The van der Waals surface area contributed by atoms with Crippen LogP contribution >= 0.6 is 0 Å². The molecule has 0 heterocycles. The molecule has 0 aromatic heterocycles. The van der Waals surface area contributed by atoms with E-state index >= 15 is 0 Å². The minimum atomic E-state index is -0.791. The molecule has 0 radical (unpaired) electrons. The van der Waals surface area contributed by atoms with Gasteiger partial charge in [-0.2, -0.15) is 0 Å². The second kappa shape index (κ2) is 4.91. The molecule has 64 valence electrons. The molecule has 1 atom stereocenters. The lowest BCUT2D eigenvalue weighted by Gasteiger charge is -2.08. The Morgan fingerprint density at radius 3 is 2.64 bits per heavy atom. The Bertz CT molecular complexity index is 140. The molecular formula is C8H14O3. The van der Waals surface area contributed by atoms with Crippen LogP contribution < -0.4 is 0 Å². The third-order valence-corrected chi connectivity index (χ3v) is 1.02. The summed E-state index contributed by atoms with van der Waals surface area (Å²) in [5, 5.41) is 8.92. The fourth-order valence-corrected chi connectivity index (χ4v) is 0.565. The molecule has 0 saturated heterocycles. The van der Waals surface area contributed by atoms with Gasteiger partial charge in [0.25, 0.3) is 0 Å². The van der Waals surface area contributed by atoms with Crippen molar-refractivity contribution >= 4 is 5.97 Å². The summed E-state index contributed by atoms with van der Waals surface area (Å²) in [5.41, 5.74) is 0. The third-order valence-electron chi connectivity index (χ3n) is 1.02. The molecule has 1 N–H and O–H groups in total. The average molecular weight is 158 g/mol. The van der Waals surface area contributed by atoms with Crippen LogP contribution in [0.15, 0.2) is 12.7 Å². The maximum absolute atomic E-state index is 10.8. The SMILES string of the molecule is C=CC(O)CC(=O)OC(C)C. The zero-order valence-electron chi connectivity index (χ0n) is 6.91. The van der Waals surface area contributed by atoms with Gasteiger partial charge in [0, 0.05) is 0 Å². The Morgan fingerprint density at radius 2 is 2.27 bits per heavy atom. The molecule has 0 amide bonds. The normalized spacial score (nSPS) is 12.7. The zero-order valence-corrected chi connectivity index (χ0v) is 6.91. The Morgan fingerprint density at radius 1 is 1.73 bits per heavy atom.